The van der Waals surface area contributed by atoms with Crippen LogP contribution in [0.15, 0.2) is 48.5 Å². The van der Waals surface area contributed by atoms with Crippen LogP contribution in [-0.4, -0.2) is 31.1 Å². The summed E-state index contributed by atoms with van der Waals surface area (Å²) in [6.45, 7) is 11.4. The highest BCUT2D eigenvalue weighted by Crippen LogP contribution is 2.54. The molecule has 2 fully saturated rings. The molecule has 3 nitrogen and oxygen atoms in total. The first kappa shape index (κ1) is 23.4. The maximum atomic E-state index is 7.06. The van der Waals surface area contributed by atoms with Gasteiger partial charge in [-0.15, -0.1) is 0 Å². The summed E-state index contributed by atoms with van der Waals surface area (Å²) >= 11 is 0. The molecule has 1 unspecified atom stereocenters. The van der Waals surface area contributed by atoms with Crippen LogP contribution in [0.5, 0.6) is 5.75 Å². The van der Waals surface area contributed by atoms with E-state index in [0.29, 0.717) is 11.1 Å². The predicted octanol–water partition coefficient (Wildman–Crippen LogP) is 7.57. The third-order valence-corrected chi connectivity index (χ3v) is 9.06. The first-order valence-electron chi connectivity index (χ1n) is 13.7. The van der Waals surface area contributed by atoms with Crippen molar-refractivity contribution in [2.75, 3.05) is 26.2 Å². The molecule has 1 saturated heterocycles. The number of likely N-dealkylation sites (tertiary alicyclic amines) is 1. The Morgan fingerprint density at radius 3 is 2.38 bits per heavy atom. The predicted molar refractivity (Wildman–Crippen MR) is 140 cm³/mol. The van der Waals surface area contributed by atoms with Crippen LogP contribution in [0.4, 0.5) is 5.69 Å². The van der Waals surface area contributed by atoms with E-state index in [-0.39, 0.29) is 0 Å². The van der Waals surface area contributed by atoms with E-state index in [0.717, 1.165) is 37.2 Å². The summed E-state index contributed by atoms with van der Waals surface area (Å²) in [7, 11) is 0. The van der Waals surface area contributed by atoms with E-state index < -0.39 is 0 Å². The van der Waals surface area contributed by atoms with E-state index in [1.807, 2.05) is 24.3 Å². The smallest absolute Gasteiger partial charge is 0.187 e. The number of ether oxygens (including phenoxy) is 1. The number of benzene rings is 2. The van der Waals surface area contributed by atoms with Gasteiger partial charge in [0.2, 0.25) is 0 Å². The molecular weight excluding hydrogens is 416 g/mol. The fraction of sp³-hybridized carbons (Fsp3) is 0.581. The van der Waals surface area contributed by atoms with Crippen molar-refractivity contribution >= 4 is 5.69 Å². The van der Waals surface area contributed by atoms with Gasteiger partial charge in [0, 0.05) is 12.0 Å². The van der Waals surface area contributed by atoms with Crippen LogP contribution < -0.4 is 4.74 Å². The van der Waals surface area contributed by atoms with Gasteiger partial charge >= 0.3 is 0 Å². The Kier molecular flexibility index (Phi) is 7.55. The van der Waals surface area contributed by atoms with Gasteiger partial charge in [-0.2, -0.15) is 0 Å². The van der Waals surface area contributed by atoms with E-state index in [9.17, 15) is 0 Å². The molecule has 0 radical (unpaired) electrons. The van der Waals surface area contributed by atoms with Gasteiger partial charge in [-0.25, -0.2) is 4.85 Å². The number of hydrogen-bond acceptors (Lipinski definition) is 2. The molecule has 0 aromatic heterocycles. The lowest BCUT2D eigenvalue weighted by molar-refractivity contribution is 0.0540. The molecule has 2 aliphatic carbocycles. The number of rotatable bonds is 7. The molecule has 0 spiro atoms. The van der Waals surface area contributed by atoms with Crippen molar-refractivity contribution in [3.8, 4) is 5.75 Å². The maximum absolute atomic E-state index is 7.06. The van der Waals surface area contributed by atoms with Crippen molar-refractivity contribution in [2.24, 2.45) is 11.8 Å². The van der Waals surface area contributed by atoms with E-state index >= 15 is 0 Å². The molecule has 1 atom stereocenters. The number of piperidine rings is 1. The summed E-state index contributed by atoms with van der Waals surface area (Å²) in [5.74, 6) is 2.60. The fourth-order valence-corrected chi connectivity index (χ4v) is 7.46. The normalized spacial score (nSPS) is 24.3. The summed E-state index contributed by atoms with van der Waals surface area (Å²) in [5, 5.41) is 0. The summed E-state index contributed by atoms with van der Waals surface area (Å²) in [6, 6.07) is 17.0. The number of hydrogen-bond donors (Lipinski definition) is 0. The SMILES string of the molecule is [C-]#[N+]c1ccc(OCCCN2CCC(C3(C4CCCCC4)CCCc4ccccc43)CC2)cc1. The molecule has 0 N–H and O–H groups in total. The molecule has 5 rings (SSSR count). The summed E-state index contributed by atoms with van der Waals surface area (Å²) in [5.41, 5.74) is 4.50. The van der Waals surface area contributed by atoms with Crippen molar-refractivity contribution in [2.45, 2.75) is 76.0 Å². The van der Waals surface area contributed by atoms with E-state index in [4.69, 9.17) is 11.3 Å². The zero-order chi connectivity index (χ0) is 23.2. The third-order valence-electron chi connectivity index (χ3n) is 9.06. The highest BCUT2D eigenvalue weighted by molar-refractivity contribution is 5.47. The molecule has 34 heavy (non-hydrogen) atoms. The van der Waals surface area contributed by atoms with E-state index in [1.165, 1.54) is 77.3 Å². The lowest BCUT2D eigenvalue weighted by Crippen LogP contribution is -2.50. The molecule has 2 aromatic carbocycles. The van der Waals surface area contributed by atoms with Crippen LogP contribution in [-0.2, 0) is 11.8 Å². The van der Waals surface area contributed by atoms with Gasteiger partial charge in [-0.1, -0.05) is 55.7 Å². The van der Waals surface area contributed by atoms with Crippen LogP contribution in [0.2, 0.25) is 0 Å². The number of fused-ring (bicyclic) bond motifs is 1. The Morgan fingerprint density at radius 2 is 1.62 bits per heavy atom. The van der Waals surface area contributed by atoms with Crippen molar-refractivity contribution in [1.82, 2.24) is 4.90 Å². The van der Waals surface area contributed by atoms with Crippen LogP contribution in [0.25, 0.3) is 4.85 Å². The van der Waals surface area contributed by atoms with Crippen LogP contribution in [0.1, 0.15) is 75.3 Å². The number of nitrogens with zero attached hydrogens (tertiary/aromatic N) is 2. The Hall–Kier alpha value is -2.31. The Labute approximate surface area is 206 Å². The standard InChI is InChI=1S/C31H40N2O/c1-32-28-14-16-29(17-15-28)34-24-8-21-33-22-18-27(19-23-33)31(26-11-3-2-4-12-26)20-7-10-25-9-5-6-13-30(25)31/h5-6,9,13-17,26-27H,2-4,7-8,10-12,18-24H2. The molecule has 180 valence electrons. The molecule has 1 heterocycles. The van der Waals surface area contributed by atoms with Gasteiger partial charge in [-0.3, -0.25) is 0 Å². The summed E-state index contributed by atoms with van der Waals surface area (Å²) in [4.78, 5) is 6.12. The van der Waals surface area contributed by atoms with Gasteiger partial charge in [0.1, 0.15) is 5.75 Å². The average molecular weight is 457 g/mol. The van der Waals surface area contributed by atoms with Gasteiger partial charge in [0.05, 0.1) is 13.2 Å². The van der Waals surface area contributed by atoms with Gasteiger partial charge in [0.15, 0.2) is 5.69 Å². The Bertz CT molecular complexity index is 964. The average Bonchev–Trinajstić information content (AvgIpc) is 2.92. The maximum Gasteiger partial charge on any atom is 0.187 e. The van der Waals surface area contributed by atoms with Crippen LogP contribution in [0, 0.1) is 18.4 Å². The molecule has 0 bridgehead atoms. The molecular formula is C31H40N2O. The van der Waals surface area contributed by atoms with Crippen LogP contribution in [0.3, 0.4) is 0 Å². The van der Waals surface area contributed by atoms with E-state index in [2.05, 4.69) is 34.0 Å². The van der Waals surface area contributed by atoms with Crippen molar-refractivity contribution in [3.63, 3.8) is 0 Å². The van der Waals surface area contributed by atoms with Gasteiger partial charge < -0.3 is 9.64 Å². The lowest BCUT2D eigenvalue weighted by atomic mass is 9.52. The quantitative estimate of drug-likeness (QED) is 0.315. The Morgan fingerprint density at radius 1 is 0.882 bits per heavy atom. The van der Waals surface area contributed by atoms with Gasteiger partial charge in [-0.05, 0) is 99.6 Å². The topological polar surface area (TPSA) is 16.8 Å². The van der Waals surface area contributed by atoms with E-state index in [1.54, 1.807) is 11.1 Å². The fourth-order valence-electron chi connectivity index (χ4n) is 7.46. The largest absolute Gasteiger partial charge is 0.494 e. The lowest BCUT2D eigenvalue weighted by Gasteiger charge is -2.53. The van der Waals surface area contributed by atoms with Crippen LogP contribution >= 0.6 is 0 Å². The first-order valence-corrected chi connectivity index (χ1v) is 13.7. The van der Waals surface area contributed by atoms with Crippen molar-refractivity contribution in [1.29, 1.82) is 0 Å². The van der Waals surface area contributed by atoms with Crippen molar-refractivity contribution < 1.29 is 4.74 Å². The molecule has 3 heteroatoms. The molecule has 1 aliphatic heterocycles. The third kappa shape index (κ3) is 4.89. The zero-order valence-electron chi connectivity index (χ0n) is 20.7. The number of aryl methyl sites for hydroxylation is 1. The summed E-state index contributed by atoms with van der Waals surface area (Å²) in [6.07, 6.45) is 15.1. The highest BCUT2D eigenvalue weighted by Gasteiger charge is 2.49. The summed E-state index contributed by atoms with van der Waals surface area (Å²) < 4.78 is 5.92. The molecule has 0 amide bonds. The minimum Gasteiger partial charge on any atom is -0.494 e. The minimum absolute atomic E-state index is 0.433. The van der Waals surface area contributed by atoms with Crippen molar-refractivity contribution in [3.05, 3.63) is 71.1 Å². The van der Waals surface area contributed by atoms with Gasteiger partial charge in [0.25, 0.3) is 0 Å². The minimum atomic E-state index is 0.433. The first-order chi connectivity index (χ1) is 16.8. The Balaban J connectivity index is 1.19. The second kappa shape index (κ2) is 11.0. The zero-order valence-corrected chi connectivity index (χ0v) is 20.7. The highest BCUT2D eigenvalue weighted by atomic mass is 16.5. The second-order valence-corrected chi connectivity index (χ2v) is 10.8. The molecule has 1 saturated carbocycles. The second-order valence-electron chi connectivity index (χ2n) is 10.8. The monoisotopic (exact) mass is 456 g/mol. The molecule has 3 aliphatic rings. The molecule has 2 aromatic rings.